The number of aromatic amines is 1. The van der Waals surface area contributed by atoms with Crippen LogP contribution in [0.15, 0.2) is 16.9 Å². The average molecular weight is 262 g/mol. The molecule has 3 rings (SSSR count). The monoisotopic (exact) mass is 262 g/mol. The first-order valence-corrected chi connectivity index (χ1v) is 7.26. The van der Waals surface area contributed by atoms with E-state index in [0.717, 1.165) is 50.9 Å². The van der Waals surface area contributed by atoms with E-state index in [1.54, 1.807) is 6.07 Å². The van der Waals surface area contributed by atoms with Crippen molar-refractivity contribution in [3.05, 3.63) is 33.7 Å². The molecule has 104 valence electrons. The number of aromatic nitrogens is 1. The maximum atomic E-state index is 11.4. The fraction of sp³-hybridized carbons (Fsp3) is 0.667. The van der Waals surface area contributed by atoms with Crippen LogP contribution in [0.4, 0.5) is 0 Å². The summed E-state index contributed by atoms with van der Waals surface area (Å²) in [6.45, 7) is 3.95. The molecule has 2 atom stereocenters. The molecule has 2 heterocycles. The summed E-state index contributed by atoms with van der Waals surface area (Å²) >= 11 is 0. The molecular weight excluding hydrogens is 240 g/mol. The standard InChI is InChI=1S/C15H22N2O2/c1-15(8-3-9-19-15)10-16-12-4-2-5-13-11(12)6-7-14(18)17-13/h6-7,12,16H,2-5,8-10H2,1H3,(H,17,18). The van der Waals surface area contributed by atoms with Crippen molar-refractivity contribution in [1.29, 1.82) is 0 Å². The Morgan fingerprint density at radius 1 is 1.47 bits per heavy atom. The number of H-pyrrole nitrogens is 1. The molecule has 1 aliphatic heterocycles. The third-order valence-corrected chi connectivity index (χ3v) is 4.35. The molecule has 19 heavy (non-hydrogen) atoms. The van der Waals surface area contributed by atoms with Gasteiger partial charge in [0, 0.05) is 31.0 Å². The molecule has 0 aromatic carbocycles. The molecule has 1 aromatic heterocycles. The van der Waals surface area contributed by atoms with Gasteiger partial charge in [0.2, 0.25) is 5.56 Å². The lowest BCUT2D eigenvalue weighted by atomic mass is 9.90. The van der Waals surface area contributed by atoms with Gasteiger partial charge in [-0.25, -0.2) is 0 Å². The second kappa shape index (κ2) is 5.10. The maximum absolute atomic E-state index is 11.4. The van der Waals surface area contributed by atoms with Crippen LogP contribution in [0, 0.1) is 0 Å². The lowest BCUT2D eigenvalue weighted by Crippen LogP contribution is -2.40. The topological polar surface area (TPSA) is 54.1 Å². The van der Waals surface area contributed by atoms with Gasteiger partial charge in [0.1, 0.15) is 0 Å². The van der Waals surface area contributed by atoms with Crippen molar-refractivity contribution in [3.8, 4) is 0 Å². The van der Waals surface area contributed by atoms with Gasteiger partial charge < -0.3 is 15.0 Å². The molecule has 4 heteroatoms. The number of hydrogen-bond acceptors (Lipinski definition) is 3. The number of rotatable bonds is 3. The van der Waals surface area contributed by atoms with E-state index in [-0.39, 0.29) is 11.2 Å². The van der Waals surface area contributed by atoms with Crippen LogP contribution < -0.4 is 10.9 Å². The molecule has 0 bridgehead atoms. The first-order chi connectivity index (χ1) is 9.16. The maximum Gasteiger partial charge on any atom is 0.248 e. The molecule has 0 radical (unpaired) electrons. The Bertz CT molecular complexity index is 503. The second-order valence-electron chi connectivity index (χ2n) is 5.98. The summed E-state index contributed by atoms with van der Waals surface area (Å²) in [5.74, 6) is 0. The summed E-state index contributed by atoms with van der Waals surface area (Å²) in [7, 11) is 0. The summed E-state index contributed by atoms with van der Waals surface area (Å²) in [4.78, 5) is 14.3. The Labute approximate surface area is 113 Å². The van der Waals surface area contributed by atoms with Gasteiger partial charge in [0.05, 0.1) is 5.60 Å². The molecule has 2 N–H and O–H groups in total. The number of fused-ring (bicyclic) bond motifs is 1. The van der Waals surface area contributed by atoms with Gasteiger partial charge >= 0.3 is 0 Å². The van der Waals surface area contributed by atoms with Crippen LogP contribution in [0.5, 0.6) is 0 Å². The molecule has 0 saturated carbocycles. The number of aryl methyl sites for hydroxylation is 1. The zero-order valence-corrected chi connectivity index (χ0v) is 11.5. The van der Waals surface area contributed by atoms with E-state index in [9.17, 15) is 4.79 Å². The van der Waals surface area contributed by atoms with E-state index >= 15 is 0 Å². The highest BCUT2D eigenvalue weighted by Gasteiger charge is 2.31. The first-order valence-electron chi connectivity index (χ1n) is 7.26. The van der Waals surface area contributed by atoms with Gasteiger partial charge in [0.25, 0.3) is 0 Å². The van der Waals surface area contributed by atoms with E-state index in [0.29, 0.717) is 6.04 Å². The highest BCUT2D eigenvalue weighted by molar-refractivity contribution is 5.26. The fourth-order valence-electron chi connectivity index (χ4n) is 3.23. The smallest absolute Gasteiger partial charge is 0.248 e. The van der Waals surface area contributed by atoms with Gasteiger partial charge in [-0.15, -0.1) is 0 Å². The normalized spacial score (nSPS) is 30.3. The van der Waals surface area contributed by atoms with E-state index in [2.05, 4.69) is 17.2 Å². The molecule has 2 aliphatic rings. The molecule has 1 aromatic rings. The third kappa shape index (κ3) is 2.74. The average Bonchev–Trinajstić information content (AvgIpc) is 2.83. The minimum absolute atomic E-state index is 0.00508. The van der Waals surface area contributed by atoms with Crippen molar-refractivity contribution in [3.63, 3.8) is 0 Å². The van der Waals surface area contributed by atoms with Gasteiger partial charge in [-0.05, 0) is 44.6 Å². The molecule has 0 spiro atoms. The van der Waals surface area contributed by atoms with Crippen LogP contribution >= 0.6 is 0 Å². The molecule has 0 amide bonds. The van der Waals surface area contributed by atoms with Crippen LogP contribution in [0.2, 0.25) is 0 Å². The first kappa shape index (κ1) is 12.9. The van der Waals surface area contributed by atoms with Crippen molar-refractivity contribution in [2.45, 2.75) is 50.7 Å². The van der Waals surface area contributed by atoms with Gasteiger partial charge in [-0.1, -0.05) is 6.07 Å². The van der Waals surface area contributed by atoms with Crippen LogP contribution in [0.3, 0.4) is 0 Å². The summed E-state index contributed by atoms with van der Waals surface area (Å²) in [6.07, 6.45) is 5.53. The van der Waals surface area contributed by atoms with Crippen molar-refractivity contribution in [2.24, 2.45) is 0 Å². The van der Waals surface area contributed by atoms with Crippen molar-refractivity contribution < 1.29 is 4.74 Å². The molecule has 2 unspecified atom stereocenters. The van der Waals surface area contributed by atoms with E-state index in [1.807, 2.05) is 6.07 Å². The highest BCUT2D eigenvalue weighted by Crippen LogP contribution is 2.30. The SMILES string of the molecule is CC1(CNC2CCCc3[nH]c(=O)ccc32)CCCO1. The van der Waals surface area contributed by atoms with Gasteiger partial charge in [-0.2, -0.15) is 0 Å². The third-order valence-electron chi connectivity index (χ3n) is 4.35. The van der Waals surface area contributed by atoms with Crippen LogP contribution in [0.25, 0.3) is 0 Å². The molecular formula is C15H22N2O2. The predicted molar refractivity (Wildman–Crippen MR) is 74.3 cm³/mol. The lowest BCUT2D eigenvalue weighted by Gasteiger charge is -2.30. The lowest BCUT2D eigenvalue weighted by molar-refractivity contribution is 0.0182. The largest absolute Gasteiger partial charge is 0.374 e. The minimum atomic E-state index is -0.0141. The van der Waals surface area contributed by atoms with E-state index < -0.39 is 0 Å². The summed E-state index contributed by atoms with van der Waals surface area (Å²) in [5.41, 5.74) is 2.35. The molecule has 1 saturated heterocycles. The number of nitrogens with one attached hydrogen (secondary N) is 2. The predicted octanol–water partition coefficient (Wildman–Crippen LogP) is 1.91. The zero-order valence-electron chi connectivity index (χ0n) is 11.5. The minimum Gasteiger partial charge on any atom is -0.374 e. The second-order valence-corrected chi connectivity index (χ2v) is 5.98. The number of hydrogen-bond donors (Lipinski definition) is 2. The quantitative estimate of drug-likeness (QED) is 0.875. The highest BCUT2D eigenvalue weighted by atomic mass is 16.5. The van der Waals surface area contributed by atoms with Crippen molar-refractivity contribution in [1.82, 2.24) is 10.3 Å². The fourth-order valence-corrected chi connectivity index (χ4v) is 3.23. The van der Waals surface area contributed by atoms with Crippen LogP contribution in [-0.4, -0.2) is 23.7 Å². The van der Waals surface area contributed by atoms with E-state index in [1.165, 1.54) is 5.56 Å². The van der Waals surface area contributed by atoms with Crippen LogP contribution in [0.1, 0.15) is 49.9 Å². The molecule has 1 fully saturated rings. The Hall–Kier alpha value is -1.13. The Balaban J connectivity index is 1.71. The van der Waals surface area contributed by atoms with Crippen molar-refractivity contribution in [2.75, 3.05) is 13.2 Å². The molecule has 1 aliphatic carbocycles. The number of pyridine rings is 1. The van der Waals surface area contributed by atoms with Crippen molar-refractivity contribution >= 4 is 0 Å². The summed E-state index contributed by atoms with van der Waals surface area (Å²) in [6, 6.07) is 3.96. The van der Waals surface area contributed by atoms with Gasteiger partial charge in [-0.3, -0.25) is 4.79 Å². The zero-order chi connectivity index (χ0) is 13.3. The Morgan fingerprint density at radius 2 is 2.37 bits per heavy atom. The van der Waals surface area contributed by atoms with Crippen LogP contribution in [-0.2, 0) is 11.2 Å². The Kier molecular flexibility index (Phi) is 3.46. The van der Waals surface area contributed by atoms with E-state index in [4.69, 9.17) is 4.74 Å². The molecule has 4 nitrogen and oxygen atoms in total. The summed E-state index contributed by atoms with van der Waals surface area (Å²) < 4.78 is 5.82. The summed E-state index contributed by atoms with van der Waals surface area (Å²) in [5, 5.41) is 3.63. The Morgan fingerprint density at radius 3 is 3.16 bits per heavy atom. The van der Waals surface area contributed by atoms with Gasteiger partial charge in [0.15, 0.2) is 0 Å². The number of ether oxygens (including phenoxy) is 1.